The number of nitrogens with zero attached hydrogens (tertiary/aromatic N) is 2. The van der Waals surface area contributed by atoms with Crippen LogP contribution < -0.4 is 5.73 Å². The molecule has 0 spiro atoms. The zero-order valence-electron chi connectivity index (χ0n) is 8.39. The van der Waals surface area contributed by atoms with Gasteiger partial charge in [0.05, 0.1) is 6.20 Å². The molecule has 0 atom stereocenters. The molecular weight excluding hydrogens is 226 g/mol. The fourth-order valence-corrected chi connectivity index (χ4v) is 1.41. The van der Waals surface area contributed by atoms with Gasteiger partial charge in [-0.3, -0.25) is 0 Å². The Hall–Kier alpha value is -1.81. The Labute approximate surface area is 97.7 Å². The van der Waals surface area contributed by atoms with Gasteiger partial charge in [-0.05, 0) is 17.7 Å². The molecule has 0 fully saturated rings. The van der Waals surface area contributed by atoms with E-state index in [0.29, 0.717) is 17.3 Å². The molecule has 0 unspecified atom stereocenters. The SMILES string of the molecule is Nc1cnc(Cc2ccc(Cl)cc2)nc1O. The average molecular weight is 236 g/mol. The molecule has 82 valence electrons. The number of benzene rings is 1. The molecule has 0 saturated carbocycles. The Morgan fingerprint density at radius 1 is 1.25 bits per heavy atom. The molecule has 2 rings (SSSR count). The number of nitrogen functional groups attached to an aromatic ring is 1. The molecule has 1 heterocycles. The Balaban J connectivity index is 2.20. The van der Waals surface area contributed by atoms with Crippen LogP contribution in [0.5, 0.6) is 5.88 Å². The summed E-state index contributed by atoms with van der Waals surface area (Å²) in [5, 5.41) is 10.0. The smallest absolute Gasteiger partial charge is 0.238 e. The second-order valence-electron chi connectivity index (χ2n) is 3.37. The van der Waals surface area contributed by atoms with E-state index >= 15 is 0 Å². The van der Waals surface area contributed by atoms with Crippen molar-refractivity contribution in [3.63, 3.8) is 0 Å². The van der Waals surface area contributed by atoms with Gasteiger partial charge in [-0.25, -0.2) is 4.98 Å². The summed E-state index contributed by atoms with van der Waals surface area (Å²) in [4.78, 5) is 7.90. The van der Waals surface area contributed by atoms with Crippen LogP contribution in [0.3, 0.4) is 0 Å². The van der Waals surface area contributed by atoms with Gasteiger partial charge in [0.1, 0.15) is 11.5 Å². The number of aromatic hydroxyl groups is 1. The molecule has 0 aliphatic rings. The van der Waals surface area contributed by atoms with Crippen LogP contribution in [0, 0.1) is 0 Å². The van der Waals surface area contributed by atoms with E-state index in [1.54, 1.807) is 12.1 Å². The number of aromatic nitrogens is 2. The van der Waals surface area contributed by atoms with Crippen molar-refractivity contribution in [2.24, 2.45) is 0 Å². The minimum atomic E-state index is -0.182. The summed E-state index contributed by atoms with van der Waals surface area (Å²) in [6.45, 7) is 0. The molecule has 0 bridgehead atoms. The van der Waals surface area contributed by atoms with Gasteiger partial charge in [0.15, 0.2) is 0 Å². The van der Waals surface area contributed by atoms with Crippen molar-refractivity contribution in [1.29, 1.82) is 0 Å². The van der Waals surface area contributed by atoms with Crippen LogP contribution in [0.2, 0.25) is 5.02 Å². The third-order valence-electron chi connectivity index (χ3n) is 2.12. The Bertz CT molecular complexity index is 499. The van der Waals surface area contributed by atoms with Gasteiger partial charge >= 0.3 is 0 Å². The first-order valence-electron chi connectivity index (χ1n) is 4.70. The van der Waals surface area contributed by atoms with Crippen LogP contribution in [-0.2, 0) is 6.42 Å². The molecular formula is C11H10ClN3O. The predicted molar refractivity (Wildman–Crippen MR) is 62.4 cm³/mol. The fraction of sp³-hybridized carbons (Fsp3) is 0.0909. The van der Waals surface area contributed by atoms with Crippen molar-refractivity contribution in [3.05, 3.63) is 46.9 Å². The summed E-state index contributed by atoms with van der Waals surface area (Å²) in [5.74, 6) is 0.341. The van der Waals surface area contributed by atoms with Crippen LogP contribution in [-0.4, -0.2) is 15.1 Å². The van der Waals surface area contributed by atoms with Crippen LogP contribution in [0.25, 0.3) is 0 Å². The van der Waals surface area contributed by atoms with E-state index in [1.807, 2.05) is 12.1 Å². The predicted octanol–water partition coefficient (Wildman–Crippen LogP) is 2.01. The summed E-state index contributed by atoms with van der Waals surface area (Å²) in [6.07, 6.45) is 1.93. The average Bonchev–Trinajstić information content (AvgIpc) is 2.27. The number of hydrogen-bond acceptors (Lipinski definition) is 4. The van der Waals surface area contributed by atoms with Crippen molar-refractivity contribution in [3.8, 4) is 5.88 Å². The summed E-state index contributed by atoms with van der Waals surface area (Å²) >= 11 is 5.77. The molecule has 5 heteroatoms. The summed E-state index contributed by atoms with van der Waals surface area (Å²) in [7, 11) is 0. The van der Waals surface area contributed by atoms with Crippen molar-refractivity contribution >= 4 is 17.3 Å². The third-order valence-corrected chi connectivity index (χ3v) is 2.37. The summed E-state index contributed by atoms with van der Waals surface area (Å²) < 4.78 is 0. The molecule has 1 aromatic carbocycles. The minimum absolute atomic E-state index is 0.180. The summed E-state index contributed by atoms with van der Waals surface area (Å²) in [5.41, 5.74) is 6.61. The first-order valence-corrected chi connectivity index (χ1v) is 5.08. The maximum absolute atomic E-state index is 9.33. The zero-order valence-corrected chi connectivity index (χ0v) is 9.15. The monoisotopic (exact) mass is 235 g/mol. The zero-order chi connectivity index (χ0) is 11.5. The highest BCUT2D eigenvalue weighted by Gasteiger charge is 2.03. The van der Waals surface area contributed by atoms with Crippen molar-refractivity contribution in [2.75, 3.05) is 5.73 Å². The number of nitrogens with two attached hydrogens (primary N) is 1. The lowest BCUT2D eigenvalue weighted by Crippen LogP contribution is -1.98. The standard InChI is InChI=1S/C11H10ClN3O/c12-8-3-1-7(2-4-8)5-10-14-6-9(13)11(16)15-10/h1-4,6H,5,13H2,(H,14,15,16). The summed E-state index contributed by atoms with van der Waals surface area (Å²) in [6, 6.07) is 7.38. The topological polar surface area (TPSA) is 72.0 Å². The van der Waals surface area contributed by atoms with Gasteiger partial charge in [0, 0.05) is 11.4 Å². The lowest BCUT2D eigenvalue weighted by atomic mass is 10.1. The third kappa shape index (κ3) is 2.41. The normalized spacial score (nSPS) is 10.3. The molecule has 0 aliphatic carbocycles. The van der Waals surface area contributed by atoms with E-state index < -0.39 is 0 Å². The largest absolute Gasteiger partial charge is 0.492 e. The molecule has 1 aromatic heterocycles. The molecule has 3 N–H and O–H groups in total. The Morgan fingerprint density at radius 2 is 1.94 bits per heavy atom. The van der Waals surface area contributed by atoms with Crippen molar-refractivity contribution < 1.29 is 5.11 Å². The molecule has 4 nitrogen and oxygen atoms in total. The van der Waals surface area contributed by atoms with Crippen LogP contribution in [0.15, 0.2) is 30.5 Å². The molecule has 0 aliphatic heterocycles. The lowest BCUT2D eigenvalue weighted by molar-refractivity contribution is 0.452. The van der Waals surface area contributed by atoms with Crippen molar-refractivity contribution in [2.45, 2.75) is 6.42 Å². The van der Waals surface area contributed by atoms with Gasteiger partial charge in [-0.2, -0.15) is 4.98 Å². The first-order chi connectivity index (χ1) is 7.65. The quantitative estimate of drug-likeness (QED) is 0.835. The molecule has 16 heavy (non-hydrogen) atoms. The molecule has 2 aromatic rings. The second kappa shape index (κ2) is 4.37. The van der Waals surface area contributed by atoms with Crippen LogP contribution >= 0.6 is 11.6 Å². The van der Waals surface area contributed by atoms with E-state index in [-0.39, 0.29) is 11.6 Å². The van der Waals surface area contributed by atoms with E-state index in [4.69, 9.17) is 17.3 Å². The second-order valence-corrected chi connectivity index (χ2v) is 3.80. The first kappa shape index (κ1) is 10.7. The van der Waals surface area contributed by atoms with Crippen LogP contribution in [0.4, 0.5) is 5.69 Å². The number of rotatable bonds is 2. The van der Waals surface area contributed by atoms with E-state index in [0.717, 1.165) is 5.56 Å². The Kier molecular flexibility index (Phi) is 2.92. The maximum Gasteiger partial charge on any atom is 0.238 e. The molecule has 0 radical (unpaired) electrons. The highest BCUT2D eigenvalue weighted by Crippen LogP contribution is 2.16. The fourth-order valence-electron chi connectivity index (χ4n) is 1.29. The highest BCUT2D eigenvalue weighted by molar-refractivity contribution is 6.30. The van der Waals surface area contributed by atoms with Gasteiger partial charge in [0.25, 0.3) is 0 Å². The molecule has 0 saturated heterocycles. The number of halogens is 1. The van der Waals surface area contributed by atoms with E-state index in [2.05, 4.69) is 9.97 Å². The number of anilines is 1. The number of hydrogen-bond donors (Lipinski definition) is 2. The highest BCUT2D eigenvalue weighted by atomic mass is 35.5. The lowest BCUT2D eigenvalue weighted by Gasteiger charge is -2.02. The van der Waals surface area contributed by atoms with Gasteiger partial charge in [-0.1, -0.05) is 23.7 Å². The van der Waals surface area contributed by atoms with E-state index in [1.165, 1.54) is 6.20 Å². The minimum Gasteiger partial charge on any atom is -0.492 e. The van der Waals surface area contributed by atoms with Crippen molar-refractivity contribution in [1.82, 2.24) is 9.97 Å². The van der Waals surface area contributed by atoms with Gasteiger partial charge in [-0.15, -0.1) is 0 Å². The van der Waals surface area contributed by atoms with E-state index in [9.17, 15) is 5.11 Å². The maximum atomic E-state index is 9.33. The van der Waals surface area contributed by atoms with Gasteiger partial charge < -0.3 is 10.8 Å². The van der Waals surface area contributed by atoms with Gasteiger partial charge in [0.2, 0.25) is 5.88 Å². The molecule has 0 amide bonds. The Morgan fingerprint density at radius 3 is 2.56 bits per heavy atom. The van der Waals surface area contributed by atoms with Crippen LogP contribution in [0.1, 0.15) is 11.4 Å².